The number of nitro groups is 1. The van der Waals surface area contributed by atoms with Crippen LogP contribution in [0.2, 0.25) is 0 Å². The molecule has 1 N–H and O–H groups in total. The summed E-state index contributed by atoms with van der Waals surface area (Å²) in [7, 11) is 0. The molecule has 0 aromatic heterocycles. The van der Waals surface area contributed by atoms with E-state index >= 15 is 0 Å². The molecule has 19 heavy (non-hydrogen) atoms. The molecular formula is C14H20N2O2S. The van der Waals surface area contributed by atoms with Crippen LogP contribution in [0.25, 0.3) is 0 Å². The van der Waals surface area contributed by atoms with Crippen molar-refractivity contribution in [2.75, 3.05) is 18.1 Å². The minimum Gasteiger partial charge on any atom is -0.310 e. The van der Waals surface area contributed by atoms with Crippen molar-refractivity contribution in [1.29, 1.82) is 0 Å². The Morgan fingerprint density at radius 1 is 1.58 bits per heavy atom. The molecule has 0 bridgehead atoms. The lowest BCUT2D eigenvalue weighted by Crippen LogP contribution is -2.25. The van der Waals surface area contributed by atoms with Crippen molar-refractivity contribution >= 4 is 17.4 Å². The first-order valence-electron chi connectivity index (χ1n) is 6.64. The smallest absolute Gasteiger partial charge is 0.272 e. The summed E-state index contributed by atoms with van der Waals surface area (Å²) in [5, 5.41) is 14.4. The summed E-state index contributed by atoms with van der Waals surface area (Å²) in [6.07, 6.45) is 1.28. The molecule has 2 atom stereocenters. The Labute approximate surface area is 118 Å². The van der Waals surface area contributed by atoms with E-state index in [0.29, 0.717) is 5.56 Å². The van der Waals surface area contributed by atoms with Crippen molar-refractivity contribution in [3.05, 3.63) is 39.4 Å². The molecular weight excluding hydrogens is 260 g/mol. The monoisotopic (exact) mass is 280 g/mol. The first-order valence-corrected chi connectivity index (χ1v) is 7.79. The summed E-state index contributed by atoms with van der Waals surface area (Å²) < 4.78 is 0. The standard InChI is InChI=1S/C14H20N2O2S/c1-10-3-4-13(7-14(10)16(17)18)11(2)15-8-12-5-6-19-9-12/h3-4,7,11-12,15H,5-6,8-9H2,1-2H3. The van der Waals surface area contributed by atoms with Gasteiger partial charge in [-0.25, -0.2) is 0 Å². The van der Waals surface area contributed by atoms with E-state index < -0.39 is 0 Å². The van der Waals surface area contributed by atoms with Crippen LogP contribution in [0.4, 0.5) is 5.69 Å². The van der Waals surface area contributed by atoms with E-state index in [9.17, 15) is 10.1 Å². The summed E-state index contributed by atoms with van der Waals surface area (Å²) >= 11 is 2.01. The molecule has 4 nitrogen and oxygen atoms in total. The highest BCUT2D eigenvalue weighted by Crippen LogP contribution is 2.25. The van der Waals surface area contributed by atoms with Gasteiger partial charge in [-0.1, -0.05) is 12.1 Å². The van der Waals surface area contributed by atoms with Gasteiger partial charge in [0.05, 0.1) is 4.92 Å². The van der Waals surface area contributed by atoms with Gasteiger partial charge in [-0.2, -0.15) is 11.8 Å². The quantitative estimate of drug-likeness (QED) is 0.664. The molecule has 0 amide bonds. The predicted octanol–water partition coefficient (Wildman–Crippen LogP) is 3.31. The maximum absolute atomic E-state index is 10.9. The van der Waals surface area contributed by atoms with Gasteiger partial charge in [0.25, 0.3) is 5.69 Å². The fourth-order valence-electron chi connectivity index (χ4n) is 2.30. The average Bonchev–Trinajstić information content (AvgIpc) is 2.89. The molecule has 0 radical (unpaired) electrons. The lowest BCUT2D eigenvalue weighted by molar-refractivity contribution is -0.385. The molecule has 2 unspecified atom stereocenters. The number of rotatable bonds is 5. The van der Waals surface area contributed by atoms with Gasteiger partial charge in [-0.15, -0.1) is 0 Å². The second-order valence-electron chi connectivity index (χ2n) is 5.16. The van der Waals surface area contributed by atoms with E-state index in [4.69, 9.17) is 0 Å². The Morgan fingerprint density at radius 3 is 3.00 bits per heavy atom. The molecule has 2 rings (SSSR count). The van der Waals surface area contributed by atoms with E-state index in [1.54, 1.807) is 13.0 Å². The number of nitrogens with zero attached hydrogens (tertiary/aromatic N) is 1. The Hall–Kier alpha value is -1.07. The zero-order valence-corrected chi connectivity index (χ0v) is 12.2. The van der Waals surface area contributed by atoms with Gasteiger partial charge in [-0.3, -0.25) is 10.1 Å². The molecule has 104 valence electrons. The molecule has 0 aliphatic carbocycles. The normalized spacial score (nSPS) is 20.4. The zero-order chi connectivity index (χ0) is 13.8. The summed E-state index contributed by atoms with van der Waals surface area (Å²) in [4.78, 5) is 10.6. The molecule has 1 fully saturated rings. The Balaban J connectivity index is 1.99. The third kappa shape index (κ3) is 3.70. The van der Waals surface area contributed by atoms with Crippen molar-refractivity contribution < 1.29 is 4.92 Å². The van der Waals surface area contributed by atoms with Crippen LogP contribution in [0, 0.1) is 23.0 Å². The lowest BCUT2D eigenvalue weighted by atomic mass is 10.0. The van der Waals surface area contributed by atoms with Crippen LogP contribution >= 0.6 is 11.8 Å². The van der Waals surface area contributed by atoms with Gasteiger partial charge in [0.15, 0.2) is 0 Å². The molecule has 5 heteroatoms. The topological polar surface area (TPSA) is 55.2 Å². The van der Waals surface area contributed by atoms with E-state index in [1.165, 1.54) is 17.9 Å². The van der Waals surface area contributed by atoms with Gasteiger partial charge in [0, 0.05) is 17.7 Å². The van der Waals surface area contributed by atoms with Gasteiger partial charge < -0.3 is 5.32 Å². The van der Waals surface area contributed by atoms with E-state index in [1.807, 2.05) is 23.9 Å². The van der Waals surface area contributed by atoms with E-state index in [-0.39, 0.29) is 16.7 Å². The van der Waals surface area contributed by atoms with Crippen molar-refractivity contribution in [2.45, 2.75) is 26.3 Å². The van der Waals surface area contributed by atoms with Crippen molar-refractivity contribution in [3.8, 4) is 0 Å². The number of thioether (sulfide) groups is 1. The summed E-state index contributed by atoms with van der Waals surface area (Å²) in [5.74, 6) is 3.23. The Kier molecular flexibility index (Phi) is 4.82. The third-order valence-corrected chi connectivity index (χ3v) is 4.90. The average molecular weight is 280 g/mol. The van der Waals surface area contributed by atoms with Gasteiger partial charge in [0.1, 0.15) is 0 Å². The fourth-order valence-corrected chi connectivity index (χ4v) is 3.58. The van der Waals surface area contributed by atoms with Crippen LogP contribution in [0.1, 0.15) is 30.5 Å². The molecule has 1 aliphatic heterocycles. The van der Waals surface area contributed by atoms with Crippen molar-refractivity contribution in [2.24, 2.45) is 5.92 Å². The van der Waals surface area contributed by atoms with Crippen molar-refractivity contribution in [1.82, 2.24) is 5.32 Å². The number of nitro benzene ring substituents is 1. The maximum Gasteiger partial charge on any atom is 0.272 e. The van der Waals surface area contributed by atoms with E-state index in [2.05, 4.69) is 12.2 Å². The highest BCUT2D eigenvalue weighted by atomic mass is 32.2. The second-order valence-corrected chi connectivity index (χ2v) is 6.31. The molecule has 0 spiro atoms. The number of aryl methyl sites for hydroxylation is 1. The minimum absolute atomic E-state index is 0.157. The minimum atomic E-state index is -0.306. The second kappa shape index (κ2) is 6.39. The molecule has 1 aromatic carbocycles. The maximum atomic E-state index is 10.9. The van der Waals surface area contributed by atoms with Crippen LogP contribution in [0.5, 0.6) is 0 Å². The molecule has 1 saturated heterocycles. The predicted molar refractivity (Wildman–Crippen MR) is 79.7 cm³/mol. The lowest BCUT2D eigenvalue weighted by Gasteiger charge is -2.17. The molecule has 0 saturated carbocycles. The van der Waals surface area contributed by atoms with Crippen LogP contribution in [0.3, 0.4) is 0 Å². The molecule has 1 heterocycles. The number of hydrogen-bond acceptors (Lipinski definition) is 4. The summed E-state index contributed by atoms with van der Waals surface area (Å²) in [5.41, 5.74) is 1.92. The zero-order valence-electron chi connectivity index (χ0n) is 11.4. The number of nitrogens with one attached hydrogen (secondary N) is 1. The van der Waals surface area contributed by atoms with Crippen LogP contribution < -0.4 is 5.32 Å². The van der Waals surface area contributed by atoms with E-state index in [0.717, 1.165) is 18.0 Å². The first-order chi connectivity index (χ1) is 9.08. The molecule has 1 aliphatic rings. The Morgan fingerprint density at radius 2 is 2.37 bits per heavy atom. The third-order valence-electron chi connectivity index (χ3n) is 3.67. The summed E-state index contributed by atoms with van der Waals surface area (Å²) in [6, 6.07) is 5.65. The van der Waals surface area contributed by atoms with Crippen LogP contribution in [-0.2, 0) is 0 Å². The first kappa shape index (κ1) is 14.3. The fraction of sp³-hybridized carbons (Fsp3) is 0.571. The van der Waals surface area contributed by atoms with Gasteiger partial charge in [0.2, 0.25) is 0 Å². The SMILES string of the molecule is Cc1ccc(C(C)NCC2CCSC2)cc1[N+](=O)[O-]. The van der Waals surface area contributed by atoms with Crippen LogP contribution in [-0.4, -0.2) is 23.0 Å². The highest BCUT2D eigenvalue weighted by Gasteiger charge is 2.18. The van der Waals surface area contributed by atoms with Crippen LogP contribution in [0.15, 0.2) is 18.2 Å². The Bertz CT molecular complexity index is 459. The number of hydrogen-bond donors (Lipinski definition) is 1. The van der Waals surface area contributed by atoms with Gasteiger partial charge in [-0.05, 0) is 49.8 Å². The van der Waals surface area contributed by atoms with Gasteiger partial charge >= 0.3 is 0 Å². The molecule has 1 aromatic rings. The van der Waals surface area contributed by atoms with Crippen molar-refractivity contribution in [3.63, 3.8) is 0 Å². The highest BCUT2D eigenvalue weighted by molar-refractivity contribution is 7.99. The number of benzene rings is 1. The largest absolute Gasteiger partial charge is 0.310 e. The summed E-state index contributed by atoms with van der Waals surface area (Å²) in [6.45, 7) is 4.84.